The van der Waals surface area contributed by atoms with Gasteiger partial charge in [0.05, 0.1) is 25.2 Å². The third-order valence-electron chi connectivity index (χ3n) is 3.86. The van der Waals surface area contributed by atoms with E-state index in [0.29, 0.717) is 0 Å². The molecule has 3 aromatic rings. The van der Waals surface area contributed by atoms with Gasteiger partial charge in [-0.1, -0.05) is 5.92 Å². The Labute approximate surface area is 140 Å². The van der Waals surface area contributed by atoms with Gasteiger partial charge in [0.25, 0.3) is 5.56 Å². The minimum atomic E-state index is -0.551. The lowest BCUT2D eigenvalue weighted by Gasteiger charge is -2.07. The van der Waals surface area contributed by atoms with Gasteiger partial charge in [-0.3, -0.25) is 18.5 Å². The summed E-state index contributed by atoms with van der Waals surface area (Å²) in [4.78, 5) is 29.0. The van der Waals surface area contributed by atoms with Crippen LogP contribution >= 0.6 is 0 Å². The summed E-state index contributed by atoms with van der Waals surface area (Å²) in [6, 6.07) is 1.93. The number of aromatic hydroxyl groups is 1. The Balaban J connectivity index is 2.48. The zero-order chi connectivity index (χ0) is 18.3. The van der Waals surface area contributed by atoms with E-state index >= 15 is 0 Å². The van der Waals surface area contributed by atoms with Gasteiger partial charge in [-0.05, 0) is 0 Å². The van der Waals surface area contributed by atoms with Crippen molar-refractivity contribution >= 4 is 11.2 Å². The van der Waals surface area contributed by atoms with Crippen LogP contribution in [-0.2, 0) is 27.1 Å². The molecule has 0 atom stereocenters. The molecular weight excluding hydrogens is 326 g/mol. The largest absolute Gasteiger partial charge is 0.504 e. The van der Waals surface area contributed by atoms with Gasteiger partial charge in [0.2, 0.25) is 5.95 Å². The number of imidazole rings is 1. The van der Waals surface area contributed by atoms with E-state index in [9.17, 15) is 14.7 Å². The Hall–Kier alpha value is -3.79. The Morgan fingerprint density at radius 2 is 2.04 bits per heavy atom. The van der Waals surface area contributed by atoms with E-state index in [-0.39, 0.29) is 41.5 Å². The third kappa shape index (κ3) is 2.20. The Bertz CT molecular complexity index is 1190. The molecule has 10 nitrogen and oxygen atoms in total. The van der Waals surface area contributed by atoms with Crippen molar-refractivity contribution in [3.05, 3.63) is 32.7 Å². The second-order valence-electron chi connectivity index (χ2n) is 5.30. The van der Waals surface area contributed by atoms with Crippen LogP contribution in [0.3, 0.4) is 0 Å². The molecule has 10 heteroatoms. The van der Waals surface area contributed by atoms with Crippen molar-refractivity contribution in [1.29, 1.82) is 5.26 Å². The number of nitriles is 1. The van der Waals surface area contributed by atoms with E-state index in [2.05, 4.69) is 16.0 Å². The minimum Gasteiger partial charge on any atom is -0.504 e. The highest BCUT2D eigenvalue weighted by molar-refractivity contribution is 5.73. The van der Waals surface area contributed by atoms with Gasteiger partial charge >= 0.3 is 5.69 Å². The lowest BCUT2D eigenvalue weighted by atomic mass is 10.3. The first-order chi connectivity index (χ1) is 11.9. The summed E-state index contributed by atoms with van der Waals surface area (Å²) in [5, 5.41) is 22.8. The summed E-state index contributed by atoms with van der Waals surface area (Å²) in [5.74, 6) is 2.39. The van der Waals surface area contributed by atoms with Crippen molar-refractivity contribution in [3.63, 3.8) is 0 Å². The van der Waals surface area contributed by atoms with Gasteiger partial charge in [0, 0.05) is 14.1 Å². The molecule has 3 heterocycles. The molecule has 0 saturated heterocycles. The van der Waals surface area contributed by atoms with Gasteiger partial charge < -0.3 is 5.11 Å². The van der Waals surface area contributed by atoms with Crippen molar-refractivity contribution < 1.29 is 5.11 Å². The van der Waals surface area contributed by atoms with Crippen LogP contribution in [0.15, 0.2) is 15.8 Å². The van der Waals surface area contributed by atoms with Crippen molar-refractivity contribution in [1.82, 2.24) is 28.5 Å². The molecule has 0 aliphatic heterocycles. The van der Waals surface area contributed by atoms with Crippen LogP contribution < -0.4 is 11.2 Å². The molecule has 0 bridgehead atoms. The normalized spacial score (nSPS) is 10.7. The first kappa shape index (κ1) is 16.1. The van der Waals surface area contributed by atoms with Crippen molar-refractivity contribution in [2.24, 2.45) is 14.1 Å². The van der Waals surface area contributed by atoms with E-state index in [1.165, 1.54) is 34.1 Å². The molecule has 0 fully saturated rings. The Kier molecular flexibility index (Phi) is 3.66. The minimum absolute atomic E-state index is 0.00804. The molecule has 0 aromatic carbocycles. The molecule has 25 heavy (non-hydrogen) atoms. The molecule has 3 rings (SSSR count). The molecule has 0 amide bonds. The SMILES string of the molecule is C#CCn1c(-n2ncc(O)c2CC#N)nc2c1c(=O)n(C)c(=O)n2C. The summed E-state index contributed by atoms with van der Waals surface area (Å²) in [5.41, 5.74) is -0.607. The van der Waals surface area contributed by atoms with E-state index in [1.54, 1.807) is 0 Å². The first-order valence-corrected chi connectivity index (χ1v) is 7.15. The van der Waals surface area contributed by atoms with E-state index < -0.39 is 11.2 Å². The highest BCUT2D eigenvalue weighted by atomic mass is 16.3. The molecule has 1 N–H and O–H groups in total. The van der Waals surface area contributed by atoms with Crippen LogP contribution in [-0.4, -0.2) is 33.6 Å². The number of hydrogen-bond acceptors (Lipinski definition) is 6. The van der Waals surface area contributed by atoms with Crippen LogP contribution in [0.2, 0.25) is 0 Å². The van der Waals surface area contributed by atoms with Gasteiger partial charge in [-0.25, -0.2) is 4.79 Å². The summed E-state index contributed by atoms with van der Waals surface area (Å²) in [6.45, 7) is -0.00804. The third-order valence-corrected chi connectivity index (χ3v) is 3.86. The van der Waals surface area contributed by atoms with Crippen LogP contribution in [0.1, 0.15) is 5.69 Å². The van der Waals surface area contributed by atoms with Crippen molar-refractivity contribution in [2.45, 2.75) is 13.0 Å². The molecule has 0 radical (unpaired) electrons. The smallest absolute Gasteiger partial charge is 0.332 e. The summed E-state index contributed by atoms with van der Waals surface area (Å²) in [6.07, 6.45) is 6.46. The van der Waals surface area contributed by atoms with Crippen LogP contribution in [0.5, 0.6) is 5.75 Å². The fourth-order valence-corrected chi connectivity index (χ4v) is 2.62. The average Bonchev–Trinajstić information content (AvgIpc) is 3.13. The maximum Gasteiger partial charge on any atom is 0.332 e. The van der Waals surface area contributed by atoms with E-state index in [1.807, 2.05) is 6.07 Å². The Morgan fingerprint density at radius 3 is 2.68 bits per heavy atom. The second-order valence-corrected chi connectivity index (χ2v) is 5.30. The second kappa shape index (κ2) is 5.69. The van der Waals surface area contributed by atoms with Crippen LogP contribution in [0.4, 0.5) is 0 Å². The predicted molar refractivity (Wildman–Crippen MR) is 87.2 cm³/mol. The van der Waals surface area contributed by atoms with E-state index in [0.717, 1.165) is 4.57 Å². The Morgan fingerprint density at radius 1 is 1.32 bits per heavy atom. The standard InChI is InChI=1S/C15H13N7O3/c1-4-7-21-11-12(19(2)15(25)20(3)13(11)24)18-14(21)22-9(5-6-16)10(23)8-17-22/h1,8,23H,5,7H2,2-3H3. The zero-order valence-corrected chi connectivity index (χ0v) is 13.5. The zero-order valence-electron chi connectivity index (χ0n) is 13.5. The predicted octanol–water partition coefficient (Wildman–Crippen LogP) is -0.976. The maximum atomic E-state index is 12.5. The van der Waals surface area contributed by atoms with Gasteiger partial charge in [-0.2, -0.15) is 20.0 Å². The van der Waals surface area contributed by atoms with Gasteiger partial charge in [-0.15, -0.1) is 6.42 Å². The number of aryl methyl sites for hydroxylation is 1. The quantitative estimate of drug-likeness (QED) is 0.612. The number of terminal acetylenes is 1. The monoisotopic (exact) mass is 339 g/mol. The van der Waals surface area contributed by atoms with Gasteiger partial charge in [0.15, 0.2) is 16.9 Å². The molecule has 0 aliphatic rings. The van der Waals surface area contributed by atoms with Crippen LogP contribution in [0.25, 0.3) is 17.1 Å². The van der Waals surface area contributed by atoms with Crippen molar-refractivity contribution in [3.8, 4) is 30.1 Å². The molecule has 0 unspecified atom stereocenters. The fraction of sp³-hybridized carbons (Fsp3) is 0.267. The highest BCUT2D eigenvalue weighted by Gasteiger charge is 2.22. The molecule has 126 valence electrons. The number of nitrogens with zero attached hydrogens (tertiary/aromatic N) is 7. The molecular formula is C15H13N7O3. The van der Waals surface area contributed by atoms with Crippen LogP contribution in [0, 0.1) is 23.7 Å². The molecule has 0 aliphatic carbocycles. The van der Waals surface area contributed by atoms with E-state index in [4.69, 9.17) is 11.7 Å². The number of aromatic nitrogens is 6. The molecule has 3 aromatic heterocycles. The molecule has 0 saturated carbocycles. The highest BCUT2D eigenvalue weighted by Crippen LogP contribution is 2.22. The maximum absolute atomic E-state index is 12.5. The van der Waals surface area contributed by atoms with Gasteiger partial charge in [0.1, 0.15) is 5.69 Å². The fourth-order valence-electron chi connectivity index (χ4n) is 2.62. The number of rotatable bonds is 3. The summed E-state index contributed by atoms with van der Waals surface area (Å²) < 4.78 is 4.84. The molecule has 0 spiro atoms. The first-order valence-electron chi connectivity index (χ1n) is 7.15. The summed E-state index contributed by atoms with van der Waals surface area (Å²) >= 11 is 0. The van der Waals surface area contributed by atoms with Crippen molar-refractivity contribution in [2.75, 3.05) is 0 Å². The lowest BCUT2D eigenvalue weighted by Crippen LogP contribution is -2.37. The summed E-state index contributed by atoms with van der Waals surface area (Å²) in [7, 11) is 2.84. The number of hydrogen-bond donors (Lipinski definition) is 1. The topological polar surface area (TPSA) is 124 Å². The lowest BCUT2D eigenvalue weighted by molar-refractivity contribution is 0.468. The number of fused-ring (bicyclic) bond motifs is 1. The average molecular weight is 339 g/mol.